The molecule has 0 saturated heterocycles. The smallest absolute Gasteiger partial charge is 0.131 e. The second kappa shape index (κ2) is 5.80. The highest BCUT2D eigenvalue weighted by atomic mass is 19.1. The van der Waals surface area contributed by atoms with Crippen LogP contribution in [0.25, 0.3) is 11.1 Å². The molecule has 0 radical (unpaired) electrons. The topological polar surface area (TPSA) is 59.1 Å². The molecule has 0 bridgehead atoms. The molecular formula is C15H17FN2O. The Morgan fingerprint density at radius 2 is 2.00 bits per heavy atom. The third kappa shape index (κ3) is 3.09. The Morgan fingerprint density at radius 1 is 1.26 bits per heavy atom. The van der Waals surface area contributed by atoms with Crippen molar-refractivity contribution >= 4 is 5.69 Å². The second-order valence-electron chi connectivity index (χ2n) is 4.59. The fourth-order valence-corrected chi connectivity index (χ4v) is 1.98. The quantitative estimate of drug-likeness (QED) is 0.888. The van der Waals surface area contributed by atoms with E-state index in [1.165, 1.54) is 6.07 Å². The zero-order chi connectivity index (χ0) is 13.8. The van der Waals surface area contributed by atoms with Gasteiger partial charge in [-0.1, -0.05) is 18.2 Å². The van der Waals surface area contributed by atoms with E-state index >= 15 is 0 Å². The van der Waals surface area contributed by atoms with Gasteiger partial charge in [0.1, 0.15) is 5.82 Å². The largest absolute Gasteiger partial charge is 0.397 e. The van der Waals surface area contributed by atoms with Crippen LogP contribution in [0.3, 0.4) is 0 Å². The number of aliphatic hydroxyl groups excluding tert-OH is 1. The fraction of sp³-hybridized carbons (Fsp3) is 0.267. The number of nitrogen functional groups attached to an aromatic ring is 1. The van der Waals surface area contributed by atoms with Gasteiger partial charge in [0.15, 0.2) is 0 Å². The molecule has 19 heavy (non-hydrogen) atoms. The van der Waals surface area contributed by atoms with Crippen LogP contribution in [-0.4, -0.2) is 16.2 Å². The van der Waals surface area contributed by atoms with Gasteiger partial charge in [0.05, 0.1) is 17.5 Å². The predicted octanol–water partition coefficient (Wildman–Crippen LogP) is 2.78. The average molecular weight is 260 g/mol. The maximum absolute atomic E-state index is 13.8. The van der Waals surface area contributed by atoms with E-state index in [0.717, 1.165) is 0 Å². The first-order chi connectivity index (χ1) is 9.09. The lowest BCUT2D eigenvalue weighted by molar-refractivity contribution is 0.184. The molecule has 0 aliphatic heterocycles. The highest BCUT2D eigenvalue weighted by molar-refractivity contribution is 5.77. The van der Waals surface area contributed by atoms with Gasteiger partial charge < -0.3 is 10.8 Å². The van der Waals surface area contributed by atoms with Gasteiger partial charge >= 0.3 is 0 Å². The van der Waals surface area contributed by atoms with Crippen LogP contribution in [0.2, 0.25) is 0 Å². The van der Waals surface area contributed by atoms with Crippen LogP contribution in [-0.2, 0) is 6.42 Å². The molecule has 1 unspecified atom stereocenters. The summed E-state index contributed by atoms with van der Waals surface area (Å²) in [5.41, 5.74) is 8.36. The molecule has 3 nitrogen and oxygen atoms in total. The maximum Gasteiger partial charge on any atom is 0.131 e. The fourth-order valence-electron chi connectivity index (χ4n) is 1.98. The van der Waals surface area contributed by atoms with E-state index in [-0.39, 0.29) is 5.82 Å². The molecule has 0 saturated carbocycles. The Hall–Kier alpha value is -1.94. The van der Waals surface area contributed by atoms with E-state index in [9.17, 15) is 9.50 Å². The van der Waals surface area contributed by atoms with Crippen molar-refractivity contribution in [3.8, 4) is 11.1 Å². The minimum Gasteiger partial charge on any atom is -0.397 e. The first kappa shape index (κ1) is 13.5. The molecule has 1 atom stereocenters. The number of nitrogens with two attached hydrogens (primary N) is 1. The summed E-state index contributed by atoms with van der Waals surface area (Å²) in [5.74, 6) is -0.304. The highest BCUT2D eigenvalue weighted by Crippen LogP contribution is 2.29. The summed E-state index contributed by atoms with van der Waals surface area (Å²) in [7, 11) is 0. The normalized spacial score (nSPS) is 12.4. The summed E-state index contributed by atoms with van der Waals surface area (Å²) < 4.78 is 13.8. The lowest BCUT2D eigenvalue weighted by Crippen LogP contribution is -2.06. The molecule has 1 heterocycles. The summed E-state index contributed by atoms with van der Waals surface area (Å²) >= 11 is 0. The number of anilines is 1. The second-order valence-corrected chi connectivity index (χ2v) is 4.59. The van der Waals surface area contributed by atoms with Gasteiger partial charge in [-0.05, 0) is 31.9 Å². The van der Waals surface area contributed by atoms with E-state index in [1.807, 2.05) is 0 Å². The molecule has 0 amide bonds. The predicted molar refractivity (Wildman–Crippen MR) is 74.0 cm³/mol. The Balaban J connectivity index is 2.37. The molecule has 0 aliphatic carbocycles. The lowest BCUT2D eigenvalue weighted by Gasteiger charge is -2.11. The van der Waals surface area contributed by atoms with Crippen LogP contribution in [0.5, 0.6) is 0 Å². The van der Waals surface area contributed by atoms with Crippen molar-refractivity contribution in [1.82, 2.24) is 4.98 Å². The minimum absolute atomic E-state index is 0.304. The summed E-state index contributed by atoms with van der Waals surface area (Å²) in [6.45, 7) is 1.72. The molecule has 100 valence electrons. The van der Waals surface area contributed by atoms with Gasteiger partial charge in [0, 0.05) is 17.3 Å². The highest BCUT2D eigenvalue weighted by Gasteiger charge is 2.12. The number of aryl methyl sites for hydroxylation is 1. The number of aromatic nitrogens is 1. The number of aliphatic hydroxyl groups is 1. The molecule has 1 aromatic heterocycles. The van der Waals surface area contributed by atoms with E-state index in [2.05, 4.69) is 4.98 Å². The number of nitrogens with zero attached hydrogens (tertiary/aromatic N) is 1. The first-order valence-electron chi connectivity index (χ1n) is 6.26. The van der Waals surface area contributed by atoms with Gasteiger partial charge in [0.2, 0.25) is 0 Å². The lowest BCUT2D eigenvalue weighted by atomic mass is 10.0. The Kier molecular flexibility index (Phi) is 4.12. The third-order valence-electron chi connectivity index (χ3n) is 3.04. The maximum atomic E-state index is 13.8. The van der Waals surface area contributed by atoms with Crippen molar-refractivity contribution in [2.45, 2.75) is 25.9 Å². The van der Waals surface area contributed by atoms with E-state index in [4.69, 9.17) is 5.73 Å². The van der Waals surface area contributed by atoms with Crippen LogP contribution >= 0.6 is 0 Å². The van der Waals surface area contributed by atoms with Gasteiger partial charge in [-0.15, -0.1) is 0 Å². The standard InChI is InChI=1S/C15H17FN2O/c1-10(19)6-7-14-15(17)12(8-9-18-14)11-4-2-3-5-13(11)16/h2-5,8-10,19H,6-7,17H2,1H3. The molecule has 4 heteroatoms. The summed E-state index contributed by atoms with van der Waals surface area (Å²) in [5, 5.41) is 9.31. The number of halogens is 1. The number of rotatable bonds is 4. The molecule has 2 rings (SSSR count). The molecule has 0 spiro atoms. The van der Waals surface area contributed by atoms with E-state index in [0.29, 0.717) is 35.3 Å². The SMILES string of the molecule is CC(O)CCc1nccc(-c2ccccc2F)c1N. The number of benzene rings is 1. The van der Waals surface area contributed by atoms with Crippen molar-refractivity contribution < 1.29 is 9.50 Å². The number of hydrogen-bond acceptors (Lipinski definition) is 3. The van der Waals surface area contributed by atoms with Crippen LogP contribution < -0.4 is 5.73 Å². The van der Waals surface area contributed by atoms with Gasteiger partial charge in [-0.2, -0.15) is 0 Å². The van der Waals surface area contributed by atoms with Crippen molar-refractivity contribution in [1.29, 1.82) is 0 Å². The minimum atomic E-state index is -0.404. The van der Waals surface area contributed by atoms with Crippen molar-refractivity contribution in [3.63, 3.8) is 0 Å². The van der Waals surface area contributed by atoms with Crippen molar-refractivity contribution in [3.05, 3.63) is 48.0 Å². The van der Waals surface area contributed by atoms with Crippen molar-refractivity contribution in [2.75, 3.05) is 5.73 Å². The number of hydrogen-bond donors (Lipinski definition) is 2. The van der Waals surface area contributed by atoms with Gasteiger partial charge in [-0.3, -0.25) is 4.98 Å². The van der Waals surface area contributed by atoms with Crippen LogP contribution in [0.4, 0.5) is 10.1 Å². The molecular weight excluding hydrogens is 243 g/mol. The van der Waals surface area contributed by atoms with Crippen LogP contribution in [0.15, 0.2) is 36.5 Å². The molecule has 2 aromatic rings. The monoisotopic (exact) mass is 260 g/mol. The Bertz CT molecular complexity index is 570. The number of pyridine rings is 1. The average Bonchev–Trinajstić information content (AvgIpc) is 2.38. The molecule has 3 N–H and O–H groups in total. The van der Waals surface area contributed by atoms with E-state index < -0.39 is 6.10 Å². The van der Waals surface area contributed by atoms with Crippen LogP contribution in [0, 0.1) is 5.82 Å². The zero-order valence-electron chi connectivity index (χ0n) is 10.8. The zero-order valence-corrected chi connectivity index (χ0v) is 10.8. The molecule has 1 aromatic carbocycles. The Morgan fingerprint density at radius 3 is 2.68 bits per heavy atom. The van der Waals surface area contributed by atoms with E-state index in [1.54, 1.807) is 37.4 Å². The third-order valence-corrected chi connectivity index (χ3v) is 3.04. The van der Waals surface area contributed by atoms with Crippen molar-refractivity contribution in [2.24, 2.45) is 0 Å². The summed E-state index contributed by atoms with van der Waals surface area (Å²) in [4.78, 5) is 4.21. The summed E-state index contributed by atoms with van der Waals surface area (Å²) in [6.07, 6.45) is 2.37. The molecule has 0 aliphatic rings. The summed E-state index contributed by atoms with van der Waals surface area (Å²) in [6, 6.07) is 8.22. The molecule has 0 fully saturated rings. The Labute approximate surface area is 111 Å². The van der Waals surface area contributed by atoms with Crippen LogP contribution in [0.1, 0.15) is 19.0 Å². The first-order valence-corrected chi connectivity index (χ1v) is 6.26. The van der Waals surface area contributed by atoms with Gasteiger partial charge in [-0.25, -0.2) is 4.39 Å². The van der Waals surface area contributed by atoms with Gasteiger partial charge in [0.25, 0.3) is 0 Å².